The van der Waals surface area contributed by atoms with Gasteiger partial charge in [0, 0.05) is 0 Å². The summed E-state index contributed by atoms with van der Waals surface area (Å²) in [4.78, 5) is 24.7. The molecule has 15 heavy (non-hydrogen) atoms. The van der Waals surface area contributed by atoms with Crippen LogP contribution in [0, 0.1) is 0 Å². The second kappa shape index (κ2) is 3.50. The first kappa shape index (κ1) is 9.91. The molecule has 0 atom stereocenters. The third kappa shape index (κ3) is 1.54. The van der Waals surface area contributed by atoms with Crippen LogP contribution in [0.5, 0.6) is 0 Å². The Bertz CT molecular complexity index is 441. The summed E-state index contributed by atoms with van der Waals surface area (Å²) in [5, 5.41) is 15.0. The molecule has 1 aliphatic heterocycles. The van der Waals surface area contributed by atoms with Crippen LogP contribution in [0.2, 0.25) is 0 Å². The van der Waals surface area contributed by atoms with Crippen molar-refractivity contribution < 1.29 is 14.7 Å². The van der Waals surface area contributed by atoms with Gasteiger partial charge in [0.15, 0.2) is 5.69 Å². The van der Waals surface area contributed by atoms with Gasteiger partial charge in [-0.15, -0.1) is 11.8 Å². The van der Waals surface area contributed by atoms with Crippen molar-refractivity contribution in [1.29, 1.82) is 0 Å². The van der Waals surface area contributed by atoms with Crippen LogP contribution < -0.4 is 10.6 Å². The van der Waals surface area contributed by atoms with E-state index in [1.807, 2.05) is 6.26 Å². The second-order valence-corrected chi connectivity index (χ2v) is 3.81. The molecular weight excluding hydrogens is 218 g/mol. The summed E-state index contributed by atoms with van der Waals surface area (Å²) >= 11 is 1.39. The predicted octanol–water partition coefficient (Wildman–Crippen LogP) is 0.799. The molecule has 80 valence electrons. The summed E-state index contributed by atoms with van der Waals surface area (Å²) in [6.45, 7) is 0.164. The van der Waals surface area contributed by atoms with Crippen LogP contribution in [0.4, 0.5) is 11.4 Å². The van der Waals surface area contributed by atoms with E-state index in [2.05, 4.69) is 15.6 Å². The van der Waals surface area contributed by atoms with Gasteiger partial charge < -0.3 is 20.7 Å². The summed E-state index contributed by atoms with van der Waals surface area (Å²) in [5.41, 5.74) is 0.984. The predicted molar refractivity (Wildman–Crippen MR) is 56.7 cm³/mol. The molecule has 4 N–H and O–H groups in total. The normalized spacial score (nSPS) is 14.1. The Labute approximate surface area is 89.4 Å². The SMILES string of the molecule is CSc1[nH]c(C(=O)O)c2c1NCC(=O)N2. The first-order valence-electron chi connectivity index (χ1n) is 4.20. The molecule has 0 aliphatic carbocycles. The maximum absolute atomic E-state index is 11.1. The van der Waals surface area contributed by atoms with Crippen LogP contribution in [0.3, 0.4) is 0 Å². The number of aromatic carboxylic acids is 1. The number of hydrogen-bond donors (Lipinski definition) is 4. The van der Waals surface area contributed by atoms with Gasteiger partial charge in [-0.3, -0.25) is 4.79 Å². The van der Waals surface area contributed by atoms with Gasteiger partial charge in [0.05, 0.1) is 22.9 Å². The Morgan fingerprint density at radius 3 is 2.80 bits per heavy atom. The lowest BCUT2D eigenvalue weighted by atomic mass is 10.3. The third-order valence-electron chi connectivity index (χ3n) is 2.07. The van der Waals surface area contributed by atoms with Crippen molar-refractivity contribution in [3.05, 3.63) is 5.69 Å². The van der Waals surface area contributed by atoms with Crippen molar-refractivity contribution >= 4 is 35.0 Å². The zero-order valence-corrected chi connectivity index (χ0v) is 8.70. The van der Waals surface area contributed by atoms with E-state index in [4.69, 9.17) is 5.11 Å². The van der Waals surface area contributed by atoms with Gasteiger partial charge in [-0.05, 0) is 6.26 Å². The van der Waals surface area contributed by atoms with Crippen LogP contribution in [0.1, 0.15) is 10.5 Å². The first-order chi connectivity index (χ1) is 7.13. The molecule has 1 aromatic rings. The molecule has 0 fully saturated rings. The number of carboxylic acid groups (broad SMARTS) is 1. The van der Waals surface area contributed by atoms with E-state index >= 15 is 0 Å². The van der Waals surface area contributed by atoms with Crippen molar-refractivity contribution in [3.8, 4) is 0 Å². The number of rotatable bonds is 2. The molecule has 0 unspecified atom stereocenters. The number of fused-ring (bicyclic) bond motifs is 1. The molecular formula is C8H9N3O3S. The fourth-order valence-corrected chi connectivity index (χ4v) is 2.02. The molecule has 0 aromatic carbocycles. The Morgan fingerprint density at radius 2 is 2.20 bits per heavy atom. The minimum absolute atomic E-state index is 0.00917. The highest BCUT2D eigenvalue weighted by Crippen LogP contribution is 2.37. The van der Waals surface area contributed by atoms with Gasteiger partial charge >= 0.3 is 5.97 Å². The molecule has 1 aromatic heterocycles. The molecule has 7 heteroatoms. The monoisotopic (exact) mass is 227 g/mol. The lowest BCUT2D eigenvalue weighted by Crippen LogP contribution is -2.27. The zero-order chi connectivity index (χ0) is 11.0. The van der Waals surface area contributed by atoms with Crippen LogP contribution in [-0.2, 0) is 4.79 Å². The van der Waals surface area contributed by atoms with Crippen molar-refractivity contribution in [2.24, 2.45) is 0 Å². The van der Waals surface area contributed by atoms with Gasteiger partial charge in [0.25, 0.3) is 0 Å². The van der Waals surface area contributed by atoms with E-state index in [0.29, 0.717) is 16.4 Å². The number of carbonyl (C=O) groups is 2. The highest BCUT2D eigenvalue weighted by atomic mass is 32.2. The molecule has 1 amide bonds. The van der Waals surface area contributed by atoms with E-state index < -0.39 is 5.97 Å². The van der Waals surface area contributed by atoms with E-state index in [9.17, 15) is 9.59 Å². The molecule has 0 radical (unpaired) electrons. The fourth-order valence-electron chi connectivity index (χ4n) is 1.44. The molecule has 0 bridgehead atoms. The van der Waals surface area contributed by atoms with Crippen LogP contribution >= 0.6 is 11.8 Å². The van der Waals surface area contributed by atoms with Crippen LogP contribution in [0.15, 0.2) is 5.03 Å². The number of nitrogens with one attached hydrogen (secondary N) is 3. The standard InChI is InChI=1S/C8H9N3O3S/c1-15-7-5-4(6(11-7)8(13)14)10-3(12)2-9-5/h9,11H,2H2,1H3,(H,10,12)(H,13,14). The van der Waals surface area contributed by atoms with Crippen molar-refractivity contribution in [2.45, 2.75) is 5.03 Å². The van der Waals surface area contributed by atoms with Gasteiger partial charge in [-0.1, -0.05) is 0 Å². The van der Waals surface area contributed by atoms with E-state index in [0.717, 1.165) is 0 Å². The lowest BCUT2D eigenvalue weighted by Gasteiger charge is -2.15. The number of hydrogen-bond acceptors (Lipinski definition) is 4. The first-order valence-corrected chi connectivity index (χ1v) is 5.43. The highest BCUT2D eigenvalue weighted by molar-refractivity contribution is 7.98. The van der Waals surface area contributed by atoms with Crippen LogP contribution in [0.25, 0.3) is 0 Å². The summed E-state index contributed by atoms with van der Waals surface area (Å²) in [6.07, 6.45) is 1.83. The maximum atomic E-state index is 11.1. The number of H-pyrrole nitrogens is 1. The van der Waals surface area contributed by atoms with E-state index in [-0.39, 0.29) is 18.1 Å². The zero-order valence-electron chi connectivity index (χ0n) is 7.88. The quantitative estimate of drug-likeness (QED) is 0.561. The molecule has 0 saturated carbocycles. The summed E-state index contributed by atoms with van der Waals surface area (Å²) < 4.78 is 0. The van der Waals surface area contributed by atoms with Crippen molar-refractivity contribution in [3.63, 3.8) is 0 Å². The second-order valence-electron chi connectivity index (χ2n) is 2.99. The molecule has 0 saturated heterocycles. The maximum Gasteiger partial charge on any atom is 0.354 e. The van der Waals surface area contributed by atoms with Crippen LogP contribution in [-0.4, -0.2) is 34.8 Å². The van der Waals surface area contributed by atoms with Crippen molar-refractivity contribution in [1.82, 2.24) is 4.98 Å². The summed E-state index contributed by atoms with van der Waals surface area (Å²) in [6, 6.07) is 0. The van der Waals surface area contributed by atoms with E-state index in [1.54, 1.807) is 0 Å². The minimum atomic E-state index is -1.09. The van der Waals surface area contributed by atoms with Gasteiger partial charge in [-0.25, -0.2) is 4.79 Å². The third-order valence-corrected chi connectivity index (χ3v) is 2.79. The summed E-state index contributed by atoms with van der Waals surface area (Å²) in [5.74, 6) is -1.33. The number of carboxylic acids is 1. The average molecular weight is 227 g/mol. The topological polar surface area (TPSA) is 94.2 Å². The highest BCUT2D eigenvalue weighted by Gasteiger charge is 2.26. The molecule has 2 rings (SSSR count). The smallest absolute Gasteiger partial charge is 0.354 e. The van der Waals surface area contributed by atoms with Crippen molar-refractivity contribution in [2.75, 3.05) is 23.4 Å². The number of aromatic nitrogens is 1. The molecule has 1 aliphatic rings. The average Bonchev–Trinajstić information content (AvgIpc) is 2.55. The number of amides is 1. The number of aromatic amines is 1. The largest absolute Gasteiger partial charge is 0.477 e. The van der Waals surface area contributed by atoms with Gasteiger partial charge in [0.2, 0.25) is 5.91 Å². The number of thioether (sulfide) groups is 1. The molecule has 0 spiro atoms. The number of anilines is 2. The van der Waals surface area contributed by atoms with Gasteiger partial charge in [0.1, 0.15) is 0 Å². The Kier molecular flexibility index (Phi) is 2.31. The fraction of sp³-hybridized carbons (Fsp3) is 0.250. The number of carbonyl (C=O) groups excluding carboxylic acids is 1. The van der Waals surface area contributed by atoms with E-state index in [1.165, 1.54) is 11.8 Å². The Hall–Kier alpha value is -1.63. The lowest BCUT2D eigenvalue weighted by molar-refractivity contribution is -0.114. The van der Waals surface area contributed by atoms with Gasteiger partial charge in [-0.2, -0.15) is 0 Å². The molecule has 6 nitrogen and oxygen atoms in total. The minimum Gasteiger partial charge on any atom is -0.477 e. The molecule has 2 heterocycles. The summed E-state index contributed by atoms with van der Waals surface area (Å²) in [7, 11) is 0. The Morgan fingerprint density at radius 1 is 1.47 bits per heavy atom. The Balaban J connectivity index is 2.54.